The molecule has 4 rings (SSSR count). The first-order valence-corrected chi connectivity index (χ1v) is 21.0. The number of fused-ring (bicyclic) bond motifs is 3. The average Bonchev–Trinajstić information content (AvgIpc) is 3.56. The molecular formula is C45H64N6O9. The summed E-state index contributed by atoms with van der Waals surface area (Å²) in [6, 6.07) is 11.2. The highest BCUT2D eigenvalue weighted by Gasteiger charge is 2.41. The summed E-state index contributed by atoms with van der Waals surface area (Å²) in [6.45, 7) is 8.46. The van der Waals surface area contributed by atoms with Gasteiger partial charge in [0.25, 0.3) is 0 Å². The van der Waals surface area contributed by atoms with E-state index in [-0.39, 0.29) is 30.8 Å². The van der Waals surface area contributed by atoms with E-state index in [0.29, 0.717) is 19.5 Å². The van der Waals surface area contributed by atoms with Crippen molar-refractivity contribution in [1.82, 2.24) is 29.8 Å². The standard InChI is InChI=1S/C45H64N6O9/c1-10-29(4)40(46-45(59)60-27-34-32-20-14-12-18-30(32)31-19-13-15-21-33(31)34)44(58)50(9)35(24-28(2)3)42(56)49(8)36(41(55)47(5)6)25-38(52)48(7)37(26-39(53)54)43(57)51-22-16-11-17-23-51/h12-15,18-21,28-29,34-37,40H,10-11,16-17,22-27H2,1-9H3,(H,46,59)(H,53,54)/t29-,35-,36-,37-,40-/m0/s1. The van der Waals surface area contributed by atoms with Crippen molar-refractivity contribution < 1.29 is 43.4 Å². The van der Waals surface area contributed by atoms with E-state index in [2.05, 4.69) is 5.32 Å². The van der Waals surface area contributed by atoms with Gasteiger partial charge in [0.1, 0.15) is 30.8 Å². The number of aliphatic carboxylic acids is 1. The Morgan fingerprint density at radius 3 is 1.80 bits per heavy atom. The third-order valence-electron chi connectivity index (χ3n) is 12.0. The average molecular weight is 833 g/mol. The van der Waals surface area contributed by atoms with Crippen LogP contribution in [0.15, 0.2) is 48.5 Å². The Morgan fingerprint density at radius 2 is 1.28 bits per heavy atom. The number of carboxylic acid groups (broad SMARTS) is 1. The normalized spacial score (nSPS) is 16.0. The first-order chi connectivity index (χ1) is 28.4. The van der Waals surface area contributed by atoms with E-state index in [4.69, 9.17) is 4.74 Å². The van der Waals surface area contributed by atoms with Gasteiger partial charge in [-0.3, -0.25) is 28.8 Å². The predicted molar refractivity (Wildman–Crippen MR) is 227 cm³/mol. The first kappa shape index (κ1) is 47.2. The van der Waals surface area contributed by atoms with Crippen molar-refractivity contribution in [3.05, 3.63) is 59.7 Å². The molecule has 6 amide bonds. The Bertz CT molecular complexity index is 1830. The zero-order valence-corrected chi connectivity index (χ0v) is 36.7. The number of ether oxygens (including phenoxy) is 1. The van der Waals surface area contributed by atoms with E-state index in [0.717, 1.165) is 51.3 Å². The van der Waals surface area contributed by atoms with Gasteiger partial charge < -0.3 is 39.7 Å². The Morgan fingerprint density at radius 1 is 0.733 bits per heavy atom. The van der Waals surface area contributed by atoms with Crippen LogP contribution in [-0.2, 0) is 33.5 Å². The van der Waals surface area contributed by atoms with E-state index in [1.165, 1.54) is 45.0 Å². The number of carbonyl (C=O) groups is 7. The van der Waals surface area contributed by atoms with E-state index < -0.39 is 78.6 Å². The third-order valence-corrected chi connectivity index (χ3v) is 12.0. The summed E-state index contributed by atoms with van der Waals surface area (Å²) < 4.78 is 5.80. The van der Waals surface area contributed by atoms with Gasteiger partial charge in [-0.05, 0) is 59.8 Å². The number of likely N-dealkylation sites (N-methyl/N-ethyl adjacent to an activating group) is 4. The van der Waals surface area contributed by atoms with Crippen LogP contribution in [0.5, 0.6) is 0 Å². The fourth-order valence-electron chi connectivity index (χ4n) is 8.13. The molecular weight excluding hydrogens is 769 g/mol. The number of nitrogens with one attached hydrogen (secondary N) is 1. The maximum atomic E-state index is 14.6. The topological polar surface area (TPSA) is 177 Å². The van der Waals surface area contributed by atoms with Crippen molar-refractivity contribution in [2.24, 2.45) is 11.8 Å². The number of nitrogens with zero attached hydrogens (tertiary/aromatic N) is 5. The molecule has 2 aromatic rings. The van der Waals surface area contributed by atoms with E-state index in [9.17, 15) is 38.7 Å². The van der Waals surface area contributed by atoms with Crippen LogP contribution in [0.3, 0.4) is 0 Å². The number of hydrogen-bond acceptors (Lipinski definition) is 8. The zero-order chi connectivity index (χ0) is 44.4. The second-order valence-corrected chi connectivity index (χ2v) is 16.8. The molecule has 2 aromatic carbocycles. The molecule has 0 radical (unpaired) electrons. The zero-order valence-electron chi connectivity index (χ0n) is 36.7. The number of carboxylic acids is 1. The van der Waals surface area contributed by atoms with Gasteiger partial charge in [-0.15, -0.1) is 0 Å². The van der Waals surface area contributed by atoms with Gasteiger partial charge in [0.2, 0.25) is 29.5 Å². The molecule has 1 heterocycles. The number of amides is 6. The van der Waals surface area contributed by atoms with Crippen molar-refractivity contribution in [2.45, 2.75) is 103 Å². The fourth-order valence-corrected chi connectivity index (χ4v) is 8.13. The molecule has 5 atom stereocenters. The lowest BCUT2D eigenvalue weighted by Gasteiger charge is -2.38. The first-order valence-electron chi connectivity index (χ1n) is 21.0. The molecule has 15 nitrogen and oxygen atoms in total. The van der Waals surface area contributed by atoms with Gasteiger partial charge in [0.05, 0.1) is 12.8 Å². The van der Waals surface area contributed by atoms with Crippen molar-refractivity contribution >= 4 is 41.6 Å². The molecule has 0 unspecified atom stereocenters. The quantitative estimate of drug-likeness (QED) is 0.220. The van der Waals surface area contributed by atoms with Crippen LogP contribution in [-0.4, -0.2) is 150 Å². The molecule has 1 saturated heterocycles. The molecule has 0 aromatic heterocycles. The summed E-state index contributed by atoms with van der Waals surface area (Å²) in [5.74, 6) is -4.76. The highest BCUT2D eigenvalue weighted by Crippen LogP contribution is 2.44. The van der Waals surface area contributed by atoms with Crippen LogP contribution >= 0.6 is 0 Å². The molecule has 60 heavy (non-hydrogen) atoms. The SMILES string of the molecule is CC[C@H](C)[C@H](NC(=O)OCC1c2ccccc2-c2ccccc21)C(=O)N(C)[C@@H](CC(C)C)C(=O)N(C)[C@@H](CC(=O)N(C)[C@@H](CC(=O)O)C(=O)N1CCCCC1)C(=O)N(C)C. The minimum Gasteiger partial charge on any atom is -0.481 e. The van der Waals surface area contributed by atoms with Gasteiger partial charge in [-0.2, -0.15) is 0 Å². The number of hydrogen-bond donors (Lipinski definition) is 2. The highest BCUT2D eigenvalue weighted by molar-refractivity contribution is 5.97. The van der Waals surface area contributed by atoms with Crippen LogP contribution in [0.25, 0.3) is 11.1 Å². The number of carbonyl (C=O) groups excluding carboxylic acids is 6. The summed E-state index contributed by atoms with van der Waals surface area (Å²) >= 11 is 0. The van der Waals surface area contributed by atoms with Gasteiger partial charge in [0.15, 0.2) is 0 Å². The fraction of sp³-hybridized carbons (Fsp3) is 0.578. The molecule has 0 bridgehead atoms. The number of likely N-dealkylation sites (tertiary alicyclic amines) is 1. The summed E-state index contributed by atoms with van der Waals surface area (Å²) in [7, 11) is 7.19. The predicted octanol–water partition coefficient (Wildman–Crippen LogP) is 4.43. The van der Waals surface area contributed by atoms with Gasteiger partial charge in [0, 0.05) is 54.2 Å². The Labute approximate surface area is 354 Å². The number of rotatable bonds is 18. The van der Waals surface area contributed by atoms with Crippen LogP contribution < -0.4 is 5.32 Å². The Balaban J connectivity index is 1.53. The largest absolute Gasteiger partial charge is 0.481 e. The highest BCUT2D eigenvalue weighted by atomic mass is 16.5. The lowest BCUT2D eigenvalue weighted by atomic mass is 9.95. The van der Waals surface area contributed by atoms with Gasteiger partial charge >= 0.3 is 12.1 Å². The van der Waals surface area contributed by atoms with Gasteiger partial charge in [-0.1, -0.05) is 82.6 Å². The second-order valence-electron chi connectivity index (χ2n) is 16.8. The van der Waals surface area contributed by atoms with E-state index in [1.807, 2.05) is 76.2 Å². The van der Waals surface area contributed by atoms with E-state index in [1.54, 1.807) is 4.90 Å². The summed E-state index contributed by atoms with van der Waals surface area (Å²) in [5, 5.41) is 12.5. The van der Waals surface area contributed by atoms with Crippen molar-refractivity contribution in [1.29, 1.82) is 0 Å². The maximum Gasteiger partial charge on any atom is 0.407 e. The van der Waals surface area contributed by atoms with Crippen molar-refractivity contribution in [2.75, 3.05) is 54.9 Å². The van der Waals surface area contributed by atoms with Crippen LogP contribution in [0.4, 0.5) is 4.79 Å². The molecule has 2 N–H and O–H groups in total. The Kier molecular flexibility index (Phi) is 16.7. The van der Waals surface area contributed by atoms with E-state index >= 15 is 0 Å². The van der Waals surface area contributed by atoms with Crippen LogP contribution in [0.1, 0.15) is 89.7 Å². The van der Waals surface area contributed by atoms with Crippen molar-refractivity contribution in [3.8, 4) is 11.1 Å². The Hall–Kier alpha value is -5.47. The van der Waals surface area contributed by atoms with Gasteiger partial charge in [-0.25, -0.2) is 4.79 Å². The number of piperidine rings is 1. The lowest BCUT2D eigenvalue weighted by molar-refractivity contribution is -0.154. The second kappa shape index (κ2) is 21.2. The number of alkyl carbamates (subject to hydrolysis) is 1. The molecule has 0 spiro atoms. The molecule has 1 fully saturated rings. The minimum atomic E-state index is -1.35. The lowest BCUT2D eigenvalue weighted by Crippen LogP contribution is -2.59. The van der Waals surface area contributed by atoms with Crippen molar-refractivity contribution in [3.63, 3.8) is 0 Å². The smallest absolute Gasteiger partial charge is 0.407 e. The molecule has 15 heteroatoms. The third kappa shape index (κ3) is 11.2. The monoisotopic (exact) mass is 832 g/mol. The summed E-state index contributed by atoms with van der Waals surface area (Å²) in [6.07, 6.45) is 1.28. The van der Waals surface area contributed by atoms with Crippen LogP contribution in [0, 0.1) is 11.8 Å². The molecule has 1 aliphatic heterocycles. The summed E-state index contributed by atoms with van der Waals surface area (Å²) in [4.78, 5) is 102. The molecule has 328 valence electrons. The summed E-state index contributed by atoms with van der Waals surface area (Å²) in [5.41, 5.74) is 4.26. The molecule has 0 saturated carbocycles. The molecule has 2 aliphatic rings. The minimum absolute atomic E-state index is 0.0506. The van der Waals surface area contributed by atoms with Crippen LogP contribution in [0.2, 0.25) is 0 Å². The maximum absolute atomic E-state index is 14.6. The molecule has 1 aliphatic carbocycles. The number of benzene rings is 2.